The van der Waals surface area contributed by atoms with Crippen LogP contribution in [-0.4, -0.2) is 23.7 Å². The maximum Gasteiger partial charge on any atom is 0.201 e. The van der Waals surface area contributed by atoms with Crippen molar-refractivity contribution in [3.8, 4) is 0 Å². The lowest BCUT2D eigenvalue weighted by Gasteiger charge is -2.44. The van der Waals surface area contributed by atoms with Gasteiger partial charge in [0.1, 0.15) is 5.60 Å². The van der Waals surface area contributed by atoms with Crippen molar-refractivity contribution in [2.75, 3.05) is 12.4 Å². The summed E-state index contributed by atoms with van der Waals surface area (Å²) in [5.74, 6) is 0.544. The van der Waals surface area contributed by atoms with Crippen molar-refractivity contribution in [2.24, 2.45) is 0 Å². The van der Waals surface area contributed by atoms with Crippen molar-refractivity contribution in [3.05, 3.63) is 35.3 Å². The first-order valence-electron chi connectivity index (χ1n) is 8.37. The fourth-order valence-corrected chi connectivity index (χ4v) is 4.12. The number of allylic oxidation sites excluding steroid dienone is 5. The van der Waals surface area contributed by atoms with Crippen LogP contribution >= 0.6 is 11.8 Å². The van der Waals surface area contributed by atoms with Gasteiger partial charge in [0.25, 0.3) is 0 Å². The zero-order valence-electron chi connectivity index (χ0n) is 13.4. The quantitative estimate of drug-likeness (QED) is 0.688. The van der Waals surface area contributed by atoms with Gasteiger partial charge in [-0.1, -0.05) is 30.7 Å². The zero-order valence-corrected chi connectivity index (χ0v) is 14.2. The van der Waals surface area contributed by atoms with E-state index in [9.17, 15) is 0 Å². The summed E-state index contributed by atoms with van der Waals surface area (Å²) in [6.45, 7) is 2.71. The number of hydrogen-bond donors (Lipinski definition) is 0. The summed E-state index contributed by atoms with van der Waals surface area (Å²) in [6, 6.07) is 0. The average molecular weight is 322 g/mol. The lowest BCUT2D eigenvalue weighted by molar-refractivity contribution is -0.514. The van der Waals surface area contributed by atoms with Crippen molar-refractivity contribution >= 4 is 11.8 Å². The first-order chi connectivity index (χ1) is 10.7. The van der Waals surface area contributed by atoms with E-state index < -0.39 is 5.79 Å². The molecular formula is C18H26O3S. The number of thioether (sulfide) groups is 1. The first-order valence-corrected chi connectivity index (χ1v) is 9.35. The van der Waals surface area contributed by atoms with Crippen molar-refractivity contribution in [1.29, 1.82) is 0 Å². The third kappa shape index (κ3) is 4.25. The maximum atomic E-state index is 6.09. The summed E-state index contributed by atoms with van der Waals surface area (Å²) in [7, 11) is 0. The molecular weight excluding hydrogens is 296 g/mol. The molecule has 1 saturated carbocycles. The van der Waals surface area contributed by atoms with E-state index >= 15 is 0 Å². The molecule has 3 aliphatic rings. The number of ether oxygens (including phenoxy) is 1. The highest BCUT2D eigenvalue weighted by atomic mass is 32.2. The minimum Gasteiger partial charge on any atom is -0.344 e. The molecule has 122 valence electrons. The molecule has 0 bridgehead atoms. The third-order valence-corrected chi connectivity index (χ3v) is 5.51. The molecule has 0 aromatic rings. The fourth-order valence-electron chi connectivity index (χ4n) is 2.98. The van der Waals surface area contributed by atoms with Crippen LogP contribution < -0.4 is 0 Å². The molecule has 22 heavy (non-hydrogen) atoms. The number of rotatable bonds is 4. The van der Waals surface area contributed by atoms with Crippen LogP contribution in [0.15, 0.2) is 35.3 Å². The van der Waals surface area contributed by atoms with Crippen molar-refractivity contribution < 1.29 is 14.5 Å². The summed E-state index contributed by atoms with van der Waals surface area (Å²) in [6.07, 6.45) is 18.3. The van der Waals surface area contributed by atoms with Crippen molar-refractivity contribution in [2.45, 2.75) is 63.3 Å². The molecule has 1 heterocycles. The van der Waals surface area contributed by atoms with Crippen LogP contribution in [0.2, 0.25) is 0 Å². The first kappa shape index (κ1) is 16.3. The highest BCUT2D eigenvalue weighted by Crippen LogP contribution is 2.39. The highest BCUT2D eigenvalue weighted by molar-refractivity contribution is 8.03. The highest BCUT2D eigenvalue weighted by Gasteiger charge is 2.44. The van der Waals surface area contributed by atoms with Gasteiger partial charge in [0.05, 0.1) is 6.61 Å². The molecule has 1 unspecified atom stereocenters. The molecule has 0 N–H and O–H groups in total. The van der Waals surface area contributed by atoms with E-state index in [1.807, 2.05) is 11.8 Å². The maximum absolute atomic E-state index is 6.09. The summed E-state index contributed by atoms with van der Waals surface area (Å²) in [5.41, 5.74) is -0.333. The summed E-state index contributed by atoms with van der Waals surface area (Å²) < 4.78 is 6.09. The molecule has 3 rings (SSSR count). The van der Waals surface area contributed by atoms with Gasteiger partial charge >= 0.3 is 0 Å². The molecule has 1 atom stereocenters. The normalized spacial score (nSPS) is 31.0. The summed E-state index contributed by atoms with van der Waals surface area (Å²) in [5, 5.41) is 0. The van der Waals surface area contributed by atoms with Crippen LogP contribution in [-0.2, 0) is 14.5 Å². The molecule has 1 aliphatic heterocycles. The van der Waals surface area contributed by atoms with Gasteiger partial charge in [-0.25, -0.2) is 9.78 Å². The summed E-state index contributed by atoms with van der Waals surface area (Å²) in [4.78, 5) is 12.8. The Hall–Kier alpha value is -0.550. The van der Waals surface area contributed by atoms with E-state index in [4.69, 9.17) is 14.5 Å². The van der Waals surface area contributed by atoms with Crippen molar-refractivity contribution in [3.63, 3.8) is 0 Å². The van der Waals surface area contributed by atoms with Gasteiger partial charge in [-0.3, -0.25) is 0 Å². The van der Waals surface area contributed by atoms with Crippen LogP contribution in [0.4, 0.5) is 0 Å². The van der Waals surface area contributed by atoms with E-state index in [2.05, 4.69) is 37.3 Å². The van der Waals surface area contributed by atoms with E-state index in [0.29, 0.717) is 6.61 Å². The second-order valence-electron chi connectivity index (χ2n) is 6.61. The van der Waals surface area contributed by atoms with Crippen LogP contribution in [0.25, 0.3) is 0 Å². The summed E-state index contributed by atoms with van der Waals surface area (Å²) >= 11 is 1.86. The monoisotopic (exact) mass is 322 g/mol. The Kier molecular flexibility index (Phi) is 5.45. The predicted octanol–water partition coefficient (Wildman–Crippen LogP) is 4.91. The smallest absolute Gasteiger partial charge is 0.201 e. The van der Waals surface area contributed by atoms with Gasteiger partial charge in [0.15, 0.2) is 0 Å². The molecule has 1 saturated heterocycles. The molecule has 0 aromatic carbocycles. The Labute approximate surface area is 137 Å². The average Bonchev–Trinajstić information content (AvgIpc) is 2.81. The fraction of sp³-hybridized carbons (Fsp3) is 0.667. The lowest BCUT2D eigenvalue weighted by atomic mass is 9.93. The van der Waals surface area contributed by atoms with E-state index in [1.54, 1.807) is 0 Å². The Morgan fingerprint density at radius 1 is 1.14 bits per heavy atom. The largest absolute Gasteiger partial charge is 0.344 e. The molecule has 2 aliphatic carbocycles. The van der Waals surface area contributed by atoms with E-state index in [-0.39, 0.29) is 5.60 Å². The van der Waals surface area contributed by atoms with Gasteiger partial charge in [-0.05, 0) is 38.7 Å². The SMILES string of the molecule is CC1(CCSC2=CC=CCC=C2)COC2(CCCCC2)OO1. The minimum atomic E-state index is -0.456. The Morgan fingerprint density at radius 2 is 2.00 bits per heavy atom. The minimum absolute atomic E-state index is 0.333. The Bertz CT molecular complexity index is 451. The molecule has 1 spiro atoms. The van der Waals surface area contributed by atoms with Crippen LogP contribution in [0.5, 0.6) is 0 Å². The second-order valence-corrected chi connectivity index (χ2v) is 7.78. The van der Waals surface area contributed by atoms with Crippen LogP contribution in [0, 0.1) is 0 Å². The van der Waals surface area contributed by atoms with Crippen LogP contribution in [0.3, 0.4) is 0 Å². The Morgan fingerprint density at radius 3 is 2.77 bits per heavy atom. The van der Waals surface area contributed by atoms with Gasteiger partial charge in [-0.2, -0.15) is 0 Å². The lowest BCUT2D eigenvalue weighted by Crippen LogP contribution is -2.51. The Balaban J connectivity index is 1.45. The molecule has 3 nitrogen and oxygen atoms in total. The third-order valence-electron chi connectivity index (χ3n) is 4.50. The molecule has 0 aromatic heterocycles. The standard InChI is InChI=1S/C18H26O3S/c1-17(13-14-22-16-9-5-2-3-6-10-16)15-19-18(21-20-17)11-7-4-8-12-18/h2,5-6,9-10H,3-4,7-8,11-15H2,1H3. The molecule has 2 fully saturated rings. The van der Waals surface area contributed by atoms with Gasteiger partial charge in [0, 0.05) is 23.5 Å². The van der Waals surface area contributed by atoms with Gasteiger partial charge in [-0.15, -0.1) is 11.8 Å². The topological polar surface area (TPSA) is 27.7 Å². The number of hydrogen-bond acceptors (Lipinski definition) is 4. The van der Waals surface area contributed by atoms with E-state index in [1.165, 1.54) is 24.2 Å². The zero-order chi connectivity index (χ0) is 15.3. The van der Waals surface area contributed by atoms with E-state index in [0.717, 1.165) is 31.4 Å². The van der Waals surface area contributed by atoms with Gasteiger partial charge < -0.3 is 4.74 Å². The second kappa shape index (κ2) is 7.35. The molecule has 0 amide bonds. The van der Waals surface area contributed by atoms with Gasteiger partial charge in [0.2, 0.25) is 5.79 Å². The predicted molar refractivity (Wildman–Crippen MR) is 90.4 cm³/mol. The molecule has 4 heteroatoms. The van der Waals surface area contributed by atoms with Crippen LogP contribution in [0.1, 0.15) is 51.9 Å². The molecule has 0 radical (unpaired) electrons. The van der Waals surface area contributed by atoms with Crippen molar-refractivity contribution in [1.82, 2.24) is 0 Å².